The molecule has 2 rings (SSSR count). The fourth-order valence-electron chi connectivity index (χ4n) is 1.28. The van der Waals surface area contributed by atoms with Crippen molar-refractivity contribution in [2.24, 2.45) is 0 Å². The standard InChI is InChI=1S/C9H9N/c1-7-2-3-8-5-10-6-9(8)4-7/h2-4,6H,5H2,1H3/p+1. The summed E-state index contributed by atoms with van der Waals surface area (Å²) in [4.78, 5) is 3.19. The van der Waals surface area contributed by atoms with Gasteiger partial charge in [0, 0.05) is 11.1 Å². The molecule has 0 fully saturated rings. The quantitative estimate of drug-likeness (QED) is 0.511. The van der Waals surface area contributed by atoms with E-state index in [9.17, 15) is 0 Å². The Bertz CT molecular complexity index is 287. The zero-order valence-corrected chi connectivity index (χ0v) is 6.02. The molecule has 0 amide bonds. The lowest BCUT2D eigenvalue weighted by molar-refractivity contribution is -0.464. The summed E-state index contributed by atoms with van der Waals surface area (Å²) < 4.78 is 0. The van der Waals surface area contributed by atoms with Gasteiger partial charge in [0.2, 0.25) is 0 Å². The van der Waals surface area contributed by atoms with E-state index < -0.39 is 0 Å². The van der Waals surface area contributed by atoms with Gasteiger partial charge < -0.3 is 0 Å². The first kappa shape index (κ1) is 5.66. The number of aryl methyl sites for hydroxylation is 1. The minimum absolute atomic E-state index is 0.996. The number of benzene rings is 1. The highest BCUT2D eigenvalue weighted by Crippen LogP contribution is 2.09. The maximum absolute atomic E-state index is 3.19. The van der Waals surface area contributed by atoms with E-state index in [0.29, 0.717) is 0 Å². The van der Waals surface area contributed by atoms with E-state index in [-0.39, 0.29) is 0 Å². The monoisotopic (exact) mass is 132 g/mol. The molecule has 0 atom stereocenters. The topological polar surface area (TPSA) is 14.0 Å². The van der Waals surface area contributed by atoms with Crippen LogP contribution >= 0.6 is 0 Å². The van der Waals surface area contributed by atoms with Crippen LogP contribution in [0.4, 0.5) is 0 Å². The molecule has 1 aromatic carbocycles. The Balaban J connectivity index is 2.60. The molecule has 1 aliphatic rings. The summed E-state index contributed by atoms with van der Waals surface area (Å²) in [6.45, 7) is 3.11. The van der Waals surface area contributed by atoms with E-state index in [1.165, 1.54) is 16.7 Å². The summed E-state index contributed by atoms with van der Waals surface area (Å²) in [6.07, 6.45) is 2.07. The normalized spacial score (nSPS) is 13.7. The van der Waals surface area contributed by atoms with E-state index in [4.69, 9.17) is 0 Å². The molecule has 0 aromatic heterocycles. The molecule has 0 spiro atoms. The van der Waals surface area contributed by atoms with E-state index >= 15 is 0 Å². The van der Waals surface area contributed by atoms with E-state index in [1.807, 2.05) is 0 Å². The summed E-state index contributed by atoms with van der Waals surface area (Å²) >= 11 is 0. The molecule has 0 saturated carbocycles. The van der Waals surface area contributed by atoms with Gasteiger partial charge in [-0.15, -0.1) is 0 Å². The number of nitrogens with one attached hydrogen (secondary N) is 1. The molecular weight excluding hydrogens is 122 g/mol. The Morgan fingerprint density at radius 1 is 1.40 bits per heavy atom. The molecule has 50 valence electrons. The lowest BCUT2D eigenvalue weighted by Crippen LogP contribution is -2.63. The molecular formula is C9H10N+. The van der Waals surface area contributed by atoms with Gasteiger partial charge in [-0.25, -0.2) is 4.99 Å². The Hall–Kier alpha value is -1.11. The Kier molecular flexibility index (Phi) is 1.10. The SMILES string of the molecule is Cc1ccc2c(c1)C=[NH+]C2. The smallest absolute Gasteiger partial charge is 0.169 e. The van der Waals surface area contributed by atoms with Gasteiger partial charge in [-0.1, -0.05) is 17.7 Å². The van der Waals surface area contributed by atoms with Crippen LogP contribution in [-0.2, 0) is 6.54 Å². The second kappa shape index (κ2) is 1.94. The Labute approximate surface area is 60.4 Å². The van der Waals surface area contributed by atoms with E-state index in [0.717, 1.165) is 6.54 Å². The van der Waals surface area contributed by atoms with Crippen LogP contribution in [0, 0.1) is 6.92 Å². The van der Waals surface area contributed by atoms with Crippen LogP contribution in [0.5, 0.6) is 0 Å². The van der Waals surface area contributed by atoms with Crippen LogP contribution in [0.15, 0.2) is 18.2 Å². The second-order valence-corrected chi connectivity index (χ2v) is 2.73. The first-order valence-corrected chi connectivity index (χ1v) is 3.52. The van der Waals surface area contributed by atoms with Crippen molar-refractivity contribution in [3.8, 4) is 0 Å². The molecule has 0 saturated heterocycles. The zero-order valence-electron chi connectivity index (χ0n) is 6.02. The zero-order chi connectivity index (χ0) is 6.97. The predicted molar refractivity (Wildman–Crippen MR) is 41.0 cm³/mol. The highest BCUT2D eigenvalue weighted by Gasteiger charge is 2.09. The summed E-state index contributed by atoms with van der Waals surface area (Å²) in [5.74, 6) is 0. The Morgan fingerprint density at radius 2 is 2.30 bits per heavy atom. The molecule has 1 heteroatoms. The van der Waals surface area contributed by atoms with Crippen molar-refractivity contribution in [2.75, 3.05) is 0 Å². The summed E-state index contributed by atoms with van der Waals surface area (Å²) in [7, 11) is 0. The van der Waals surface area contributed by atoms with Crippen molar-refractivity contribution >= 4 is 6.21 Å². The van der Waals surface area contributed by atoms with Gasteiger partial charge in [0.15, 0.2) is 12.8 Å². The predicted octanol–water partition coefficient (Wildman–Crippen LogP) is 0.00812. The van der Waals surface area contributed by atoms with Gasteiger partial charge in [-0.05, 0) is 13.0 Å². The van der Waals surface area contributed by atoms with Crippen LogP contribution in [0.25, 0.3) is 0 Å². The van der Waals surface area contributed by atoms with Crippen LogP contribution in [-0.4, -0.2) is 6.21 Å². The second-order valence-electron chi connectivity index (χ2n) is 2.73. The highest BCUT2D eigenvalue weighted by molar-refractivity contribution is 5.79. The molecule has 1 aliphatic heterocycles. The molecule has 0 unspecified atom stereocenters. The van der Waals surface area contributed by atoms with Gasteiger partial charge >= 0.3 is 0 Å². The maximum Gasteiger partial charge on any atom is 0.169 e. The molecule has 1 nitrogen and oxygen atoms in total. The van der Waals surface area contributed by atoms with Crippen LogP contribution in [0.3, 0.4) is 0 Å². The van der Waals surface area contributed by atoms with Crippen LogP contribution in [0.1, 0.15) is 16.7 Å². The number of rotatable bonds is 0. The lowest BCUT2D eigenvalue weighted by Gasteiger charge is -1.93. The molecule has 0 aliphatic carbocycles. The first-order valence-electron chi connectivity index (χ1n) is 3.52. The number of fused-ring (bicyclic) bond motifs is 1. The van der Waals surface area contributed by atoms with Crippen molar-refractivity contribution < 1.29 is 4.99 Å². The van der Waals surface area contributed by atoms with Crippen LogP contribution in [0.2, 0.25) is 0 Å². The molecule has 0 bridgehead atoms. The minimum atomic E-state index is 0.996. The maximum atomic E-state index is 3.19. The van der Waals surface area contributed by atoms with Crippen molar-refractivity contribution in [1.82, 2.24) is 0 Å². The third-order valence-electron chi connectivity index (χ3n) is 1.85. The van der Waals surface area contributed by atoms with Gasteiger partial charge in [0.25, 0.3) is 0 Å². The minimum Gasteiger partial charge on any atom is -0.243 e. The fraction of sp³-hybridized carbons (Fsp3) is 0.222. The van der Waals surface area contributed by atoms with Gasteiger partial charge in [-0.2, -0.15) is 0 Å². The molecule has 1 N–H and O–H groups in total. The van der Waals surface area contributed by atoms with Crippen LogP contribution < -0.4 is 4.99 Å². The summed E-state index contributed by atoms with van der Waals surface area (Å²) in [6, 6.07) is 6.54. The third-order valence-corrected chi connectivity index (χ3v) is 1.85. The fourth-order valence-corrected chi connectivity index (χ4v) is 1.28. The largest absolute Gasteiger partial charge is 0.243 e. The van der Waals surface area contributed by atoms with E-state index in [1.54, 1.807) is 0 Å². The van der Waals surface area contributed by atoms with Crippen molar-refractivity contribution in [3.63, 3.8) is 0 Å². The number of hydrogen-bond donors (Lipinski definition) is 1. The first-order chi connectivity index (χ1) is 4.86. The summed E-state index contributed by atoms with van der Waals surface area (Å²) in [5.41, 5.74) is 4.09. The third kappa shape index (κ3) is 0.747. The van der Waals surface area contributed by atoms with Crippen molar-refractivity contribution in [1.29, 1.82) is 0 Å². The molecule has 1 aromatic rings. The van der Waals surface area contributed by atoms with Crippen molar-refractivity contribution in [2.45, 2.75) is 13.5 Å². The molecule has 10 heavy (non-hydrogen) atoms. The van der Waals surface area contributed by atoms with E-state index in [2.05, 4.69) is 36.3 Å². The molecule has 1 heterocycles. The molecule has 0 radical (unpaired) electrons. The van der Waals surface area contributed by atoms with Gasteiger partial charge in [-0.3, -0.25) is 0 Å². The summed E-state index contributed by atoms with van der Waals surface area (Å²) in [5, 5.41) is 0. The number of hydrogen-bond acceptors (Lipinski definition) is 0. The van der Waals surface area contributed by atoms with Crippen molar-refractivity contribution in [3.05, 3.63) is 34.9 Å². The lowest BCUT2D eigenvalue weighted by atomic mass is 10.1. The highest BCUT2D eigenvalue weighted by atomic mass is 14.7. The average molecular weight is 132 g/mol. The van der Waals surface area contributed by atoms with Gasteiger partial charge in [0.05, 0.1) is 0 Å². The average Bonchev–Trinajstić information content (AvgIpc) is 2.33. The Morgan fingerprint density at radius 3 is 3.20 bits per heavy atom. The van der Waals surface area contributed by atoms with Gasteiger partial charge in [0.1, 0.15) is 0 Å².